The monoisotopic (exact) mass is 272 g/mol. The second kappa shape index (κ2) is 5.96. The highest BCUT2D eigenvalue weighted by molar-refractivity contribution is 5.83. The smallest absolute Gasteiger partial charge is 0.189 e. The standard InChI is InChI=1S/C15H20N4O/c16-15(19-10-13-5-2-8-20-13)18-9-12-4-1-3-11-6-7-17-14(11)12/h1,3-4,6-7,13,17H,2,5,8-10H2,(H3,16,18,19). The molecule has 5 nitrogen and oxygen atoms in total. The third kappa shape index (κ3) is 2.93. The Labute approximate surface area is 118 Å². The van der Waals surface area contributed by atoms with Gasteiger partial charge >= 0.3 is 0 Å². The number of fused-ring (bicyclic) bond motifs is 1. The minimum Gasteiger partial charge on any atom is -0.376 e. The Kier molecular flexibility index (Phi) is 3.87. The number of aliphatic imine (C=N–C) groups is 1. The van der Waals surface area contributed by atoms with Crippen LogP contribution in [-0.4, -0.2) is 30.2 Å². The number of guanidine groups is 1. The lowest BCUT2D eigenvalue weighted by atomic mass is 10.1. The number of H-pyrrole nitrogens is 1. The summed E-state index contributed by atoms with van der Waals surface area (Å²) in [6.45, 7) is 2.17. The number of aromatic amines is 1. The molecule has 4 N–H and O–H groups in total. The summed E-state index contributed by atoms with van der Waals surface area (Å²) in [4.78, 5) is 7.63. The van der Waals surface area contributed by atoms with E-state index in [0.717, 1.165) is 37.1 Å². The van der Waals surface area contributed by atoms with Gasteiger partial charge in [-0.2, -0.15) is 0 Å². The fourth-order valence-electron chi connectivity index (χ4n) is 2.53. The van der Waals surface area contributed by atoms with Crippen LogP contribution >= 0.6 is 0 Å². The summed E-state index contributed by atoms with van der Waals surface area (Å²) in [7, 11) is 0. The van der Waals surface area contributed by atoms with Crippen LogP contribution in [-0.2, 0) is 11.3 Å². The largest absolute Gasteiger partial charge is 0.376 e. The molecule has 106 valence electrons. The molecule has 0 radical (unpaired) electrons. The van der Waals surface area contributed by atoms with Gasteiger partial charge < -0.3 is 20.8 Å². The Balaban J connectivity index is 1.59. The van der Waals surface area contributed by atoms with E-state index in [1.807, 2.05) is 12.3 Å². The van der Waals surface area contributed by atoms with Crippen LogP contribution in [0.25, 0.3) is 10.9 Å². The lowest BCUT2D eigenvalue weighted by Crippen LogP contribution is -2.37. The van der Waals surface area contributed by atoms with E-state index < -0.39 is 0 Å². The van der Waals surface area contributed by atoms with Crippen molar-refractivity contribution in [1.82, 2.24) is 10.3 Å². The summed E-state index contributed by atoms with van der Waals surface area (Å²) in [6.07, 6.45) is 4.45. The van der Waals surface area contributed by atoms with Gasteiger partial charge in [0.1, 0.15) is 0 Å². The molecule has 1 aliphatic heterocycles. The Morgan fingerprint density at radius 3 is 3.25 bits per heavy atom. The number of nitrogens with one attached hydrogen (secondary N) is 2. The highest BCUT2D eigenvalue weighted by Crippen LogP contribution is 2.17. The van der Waals surface area contributed by atoms with Gasteiger partial charge in [0.15, 0.2) is 5.96 Å². The molecule has 1 atom stereocenters. The molecule has 1 aromatic carbocycles. The topological polar surface area (TPSA) is 75.4 Å². The van der Waals surface area contributed by atoms with E-state index in [2.05, 4.69) is 33.5 Å². The van der Waals surface area contributed by atoms with Crippen molar-refractivity contribution in [3.05, 3.63) is 36.0 Å². The zero-order chi connectivity index (χ0) is 13.8. The quantitative estimate of drug-likeness (QED) is 0.586. The third-order valence-corrected chi connectivity index (χ3v) is 3.63. The van der Waals surface area contributed by atoms with Crippen molar-refractivity contribution in [2.24, 2.45) is 10.7 Å². The number of rotatable bonds is 4. The average molecular weight is 272 g/mol. The summed E-state index contributed by atoms with van der Waals surface area (Å²) in [5.74, 6) is 0.476. The van der Waals surface area contributed by atoms with Crippen LogP contribution in [0.3, 0.4) is 0 Å². The van der Waals surface area contributed by atoms with Crippen molar-refractivity contribution < 1.29 is 4.74 Å². The van der Waals surface area contributed by atoms with E-state index in [4.69, 9.17) is 10.5 Å². The Morgan fingerprint density at radius 1 is 1.45 bits per heavy atom. The molecule has 1 unspecified atom stereocenters. The molecule has 1 saturated heterocycles. The maximum Gasteiger partial charge on any atom is 0.189 e. The number of hydrogen-bond donors (Lipinski definition) is 3. The van der Waals surface area contributed by atoms with Crippen LogP contribution < -0.4 is 11.1 Å². The molecule has 3 rings (SSSR count). The molecule has 0 spiro atoms. The maximum absolute atomic E-state index is 5.89. The fraction of sp³-hybridized carbons (Fsp3) is 0.400. The van der Waals surface area contributed by atoms with Crippen molar-refractivity contribution in [2.75, 3.05) is 13.2 Å². The average Bonchev–Trinajstić information content (AvgIpc) is 3.13. The fourth-order valence-corrected chi connectivity index (χ4v) is 2.53. The van der Waals surface area contributed by atoms with Crippen molar-refractivity contribution >= 4 is 16.9 Å². The van der Waals surface area contributed by atoms with Crippen LogP contribution in [0.1, 0.15) is 18.4 Å². The molecular weight excluding hydrogens is 252 g/mol. The van der Waals surface area contributed by atoms with Gasteiger partial charge in [-0.1, -0.05) is 18.2 Å². The van der Waals surface area contributed by atoms with E-state index in [1.54, 1.807) is 0 Å². The Hall–Kier alpha value is -2.01. The van der Waals surface area contributed by atoms with Crippen LogP contribution in [0.4, 0.5) is 0 Å². The first-order valence-corrected chi connectivity index (χ1v) is 7.03. The van der Waals surface area contributed by atoms with Gasteiger partial charge in [0.05, 0.1) is 18.2 Å². The van der Waals surface area contributed by atoms with Gasteiger partial charge in [0, 0.05) is 19.3 Å². The molecule has 1 fully saturated rings. The Morgan fingerprint density at radius 2 is 2.40 bits per heavy atom. The lowest BCUT2D eigenvalue weighted by Gasteiger charge is -2.11. The van der Waals surface area contributed by atoms with Crippen molar-refractivity contribution in [3.8, 4) is 0 Å². The molecule has 1 aliphatic rings. The molecule has 0 aliphatic carbocycles. The second-order valence-electron chi connectivity index (χ2n) is 5.08. The SMILES string of the molecule is NC(=NCc1cccc2cc[nH]c12)NCC1CCCO1. The van der Waals surface area contributed by atoms with E-state index in [1.165, 1.54) is 5.39 Å². The number of nitrogens with zero attached hydrogens (tertiary/aromatic N) is 1. The van der Waals surface area contributed by atoms with E-state index in [9.17, 15) is 0 Å². The normalized spacial score (nSPS) is 19.6. The van der Waals surface area contributed by atoms with E-state index in [0.29, 0.717) is 12.5 Å². The summed E-state index contributed by atoms with van der Waals surface area (Å²) in [6, 6.07) is 8.24. The predicted molar refractivity (Wildman–Crippen MR) is 80.6 cm³/mol. The van der Waals surface area contributed by atoms with Crippen molar-refractivity contribution in [3.63, 3.8) is 0 Å². The second-order valence-corrected chi connectivity index (χ2v) is 5.08. The van der Waals surface area contributed by atoms with Gasteiger partial charge in [0.25, 0.3) is 0 Å². The first-order chi connectivity index (χ1) is 9.83. The molecule has 0 bridgehead atoms. The van der Waals surface area contributed by atoms with Crippen molar-refractivity contribution in [2.45, 2.75) is 25.5 Å². The number of para-hydroxylation sites is 1. The third-order valence-electron chi connectivity index (χ3n) is 3.63. The lowest BCUT2D eigenvalue weighted by molar-refractivity contribution is 0.114. The molecule has 1 aromatic heterocycles. The number of hydrogen-bond acceptors (Lipinski definition) is 2. The van der Waals surface area contributed by atoms with Gasteiger partial charge in [-0.15, -0.1) is 0 Å². The first kappa shape index (κ1) is 13.0. The zero-order valence-corrected chi connectivity index (χ0v) is 11.4. The molecule has 2 heterocycles. The minimum atomic E-state index is 0.274. The zero-order valence-electron chi connectivity index (χ0n) is 11.4. The minimum absolute atomic E-state index is 0.274. The van der Waals surface area contributed by atoms with Crippen LogP contribution in [0, 0.1) is 0 Å². The summed E-state index contributed by atoms with van der Waals surface area (Å²) in [5.41, 5.74) is 8.17. The number of nitrogens with two attached hydrogens (primary N) is 1. The van der Waals surface area contributed by atoms with Crippen LogP contribution in [0.2, 0.25) is 0 Å². The summed E-state index contributed by atoms with van der Waals surface area (Å²) in [5, 5.41) is 4.33. The molecule has 0 amide bonds. The number of ether oxygens (including phenoxy) is 1. The van der Waals surface area contributed by atoms with Gasteiger partial charge in [0.2, 0.25) is 0 Å². The van der Waals surface area contributed by atoms with E-state index in [-0.39, 0.29) is 6.10 Å². The summed E-state index contributed by atoms with van der Waals surface area (Å²) >= 11 is 0. The molecule has 2 aromatic rings. The van der Waals surface area contributed by atoms with Crippen molar-refractivity contribution in [1.29, 1.82) is 0 Å². The highest BCUT2D eigenvalue weighted by Gasteiger charge is 2.14. The van der Waals surface area contributed by atoms with Gasteiger partial charge in [-0.25, -0.2) is 4.99 Å². The number of aromatic nitrogens is 1. The van der Waals surface area contributed by atoms with Gasteiger partial charge in [-0.3, -0.25) is 0 Å². The van der Waals surface area contributed by atoms with Crippen LogP contribution in [0.5, 0.6) is 0 Å². The highest BCUT2D eigenvalue weighted by atomic mass is 16.5. The molecular formula is C15H20N4O. The predicted octanol–water partition coefficient (Wildman–Crippen LogP) is 1.75. The Bertz CT molecular complexity index is 599. The van der Waals surface area contributed by atoms with Crippen LogP contribution in [0.15, 0.2) is 35.5 Å². The molecule has 5 heteroatoms. The maximum atomic E-state index is 5.89. The molecule has 0 saturated carbocycles. The molecule has 20 heavy (non-hydrogen) atoms. The van der Waals surface area contributed by atoms with E-state index >= 15 is 0 Å². The summed E-state index contributed by atoms with van der Waals surface area (Å²) < 4.78 is 5.54. The van der Waals surface area contributed by atoms with Gasteiger partial charge in [-0.05, 0) is 29.9 Å². The first-order valence-electron chi connectivity index (χ1n) is 7.03. The number of benzene rings is 1.